The van der Waals surface area contributed by atoms with E-state index in [1.807, 2.05) is 58.0 Å². The average molecular weight is 379 g/mol. The number of carbonyl (C=O) groups is 1. The number of phenols is 1. The van der Waals surface area contributed by atoms with Crippen molar-refractivity contribution in [2.75, 3.05) is 11.9 Å². The van der Waals surface area contributed by atoms with Crippen LogP contribution >= 0.6 is 0 Å². The highest BCUT2D eigenvalue weighted by Gasteiger charge is 2.17. The number of hydrogen-bond donors (Lipinski definition) is 3. The van der Waals surface area contributed by atoms with Crippen molar-refractivity contribution < 1.29 is 14.6 Å². The number of aromatic hydroxyl groups is 1. The van der Waals surface area contributed by atoms with Crippen LogP contribution in [0.25, 0.3) is 0 Å². The minimum absolute atomic E-state index is 0.0448. The largest absolute Gasteiger partial charge is 0.506 e. The number of carbonyl (C=O) groups excluding carboxylic acids is 1. The molecule has 2 aromatic rings. The fraction of sp³-hybridized carbons (Fsp3) is 0.273. The minimum Gasteiger partial charge on any atom is -0.506 e. The highest BCUT2D eigenvalue weighted by atomic mass is 16.5. The van der Waals surface area contributed by atoms with Crippen molar-refractivity contribution in [3.8, 4) is 17.6 Å². The number of phenolic OH excluding ortho intramolecular Hbond substituents is 1. The summed E-state index contributed by atoms with van der Waals surface area (Å²) in [7, 11) is 0. The van der Waals surface area contributed by atoms with Gasteiger partial charge in [0.2, 0.25) is 0 Å². The number of benzene rings is 2. The van der Waals surface area contributed by atoms with Gasteiger partial charge in [0.15, 0.2) is 0 Å². The van der Waals surface area contributed by atoms with Crippen LogP contribution in [0.15, 0.2) is 48.2 Å². The molecule has 2 aromatic carbocycles. The molecule has 0 saturated carbocycles. The van der Waals surface area contributed by atoms with Crippen molar-refractivity contribution in [1.82, 2.24) is 5.32 Å². The average Bonchev–Trinajstić information content (AvgIpc) is 2.65. The van der Waals surface area contributed by atoms with Crippen molar-refractivity contribution in [2.45, 2.75) is 33.7 Å². The highest BCUT2D eigenvalue weighted by molar-refractivity contribution is 5.97. The third-order valence-corrected chi connectivity index (χ3v) is 4.17. The maximum atomic E-state index is 12.5. The maximum absolute atomic E-state index is 12.5. The van der Waals surface area contributed by atoms with Crippen LogP contribution in [0, 0.1) is 25.2 Å². The number of anilines is 1. The lowest BCUT2D eigenvalue weighted by molar-refractivity contribution is -0.117. The molecule has 2 rings (SSSR count). The molecule has 6 heteroatoms. The zero-order chi connectivity index (χ0) is 20.7. The van der Waals surface area contributed by atoms with Crippen LogP contribution in [0.2, 0.25) is 0 Å². The molecule has 1 atom stereocenters. The molecule has 6 nitrogen and oxygen atoms in total. The molecule has 0 aliphatic heterocycles. The standard InChI is InChI=1S/C22H25N3O3/c1-5-28-21-9-7-14(2)10-18(21)16(4)25-22(27)17(12-23)13-24-19-8-6-15(3)11-20(19)26/h6-11,13,16,24,26H,5H2,1-4H3,(H,25,27)/b17-13-. The lowest BCUT2D eigenvalue weighted by Gasteiger charge is -2.18. The zero-order valence-electron chi connectivity index (χ0n) is 16.5. The van der Waals surface area contributed by atoms with E-state index in [1.54, 1.807) is 12.1 Å². The predicted molar refractivity (Wildman–Crippen MR) is 109 cm³/mol. The van der Waals surface area contributed by atoms with E-state index in [2.05, 4.69) is 10.6 Å². The van der Waals surface area contributed by atoms with Crippen LogP contribution in [0.3, 0.4) is 0 Å². The Morgan fingerprint density at radius 3 is 2.57 bits per heavy atom. The number of hydrogen-bond acceptors (Lipinski definition) is 5. The van der Waals surface area contributed by atoms with Gasteiger partial charge in [-0.05, 0) is 51.5 Å². The highest BCUT2D eigenvalue weighted by Crippen LogP contribution is 2.27. The molecule has 0 aromatic heterocycles. The van der Waals surface area contributed by atoms with E-state index in [0.29, 0.717) is 18.0 Å². The fourth-order valence-electron chi connectivity index (χ4n) is 2.71. The third kappa shape index (κ3) is 5.27. The number of ether oxygens (including phenoxy) is 1. The molecule has 3 N–H and O–H groups in total. The number of aryl methyl sites for hydroxylation is 2. The second kappa shape index (κ2) is 9.47. The normalized spacial score (nSPS) is 12.0. The molecule has 1 amide bonds. The number of nitrogens with zero attached hydrogens (tertiary/aromatic N) is 1. The number of nitrogens with one attached hydrogen (secondary N) is 2. The summed E-state index contributed by atoms with van der Waals surface area (Å²) in [5.41, 5.74) is 3.11. The van der Waals surface area contributed by atoms with Gasteiger partial charge in [0.05, 0.1) is 18.3 Å². The predicted octanol–water partition coefficient (Wildman–Crippen LogP) is 4.10. The molecule has 0 heterocycles. The third-order valence-electron chi connectivity index (χ3n) is 4.17. The zero-order valence-corrected chi connectivity index (χ0v) is 16.5. The molecule has 0 saturated heterocycles. The molecule has 28 heavy (non-hydrogen) atoms. The molecule has 146 valence electrons. The van der Waals surface area contributed by atoms with Crippen LogP contribution in [-0.4, -0.2) is 17.6 Å². The quantitative estimate of drug-likeness (QED) is 0.382. The first kappa shape index (κ1) is 20.8. The Morgan fingerprint density at radius 2 is 1.93 bits per heavy atom. The summed E-state index contributed by atoms with van der Waals surface area (Å²) in [6.07, 6.45) is 1.28. The monoisotopic (exact) mass is 379 g/mol. The van der Waals surface area contributed by atoms with E-state index in [4.69, 9.17) is 4.74 Å². The van der Waals surface area contributed by atoms with Gasteiger partial charge in [-0.3, -0.25) is 4.79 Å². The second-order valence-electron chi connectivity index (χ2n) is 6.50. The van der Waals surface area contributed by atoms with Gasteiger partial charge in [0.25, 0.3) is 5.91 Å². The Hall–Kier alpha value is -3.46. The van der Waals surface area contributed by atoms with Gasteiger partial charge in [-0.25, -0.2) is 0 Å². The SMILES string of the molecule is CCOc1ccc(C)cc1C(C)NC(=O)/C(C#N)=C\Nc1ccc(C)cc1O. The smallest absolute Gasteiger partial charge is 0.263 e. The van der Waals surface area contributed by atoms with Crippen molar-refractivity contribution >= 4 is 11.6 Å². The number of nitriles is 1. The molecular weight excluding hydrogens is 354 g/mol. The van der Waals surface area contributed by atoms with E-state index in [1.165, 1.54) is 6.20 Å². The Kier molecular flexibility index (Phi) is 7.05. The molecular formula is C22H25N3O3. The van der Waals surface area contributed by atoms with Crippen LogP contribution in [-0.2, 0) is 4.79 Å². The summed E-state index contributed by atoms with van der Waals surface area (Å²) in [6.45, 7) is 8.08. The Balaban J connectivity index is 2.15. The van der Waals surface area contributed by atoms with Crippen molar-refractivity contribution in [2.24, 2.45) is 0 Å². The fourth-order valence-corrected chi connectivity index (χ4v) is 2.71. The van der Waals surface area contributed by atoms with Gasteiger partial charge in [-0.1, -0.05) is 23.8 Å². The van der Waals surface area contributed by atoms with Gasteiger partial charge in [-0.15, -0.1) is 0 Å². The Bertz CT molecular complexity index is 929. The lowest BCUT2D eigenvalue weighted by atomic mass is 10.0. The van der Waals surface area contributed by atoms with Gasteiger partial charge in [0, 0.05) is 11.8 Å². The molecule has 0 fully saturated rings. The molecule has 0 bridgehead atoms. The van der Waals surface area contributed by atoms with E-state index in [9.17, 15) is 15.2 Å². The summed E-state index contributed by atoms with van der Waals surface area (Å²) in [5.74, 6) is 0.229. The summed E-state index contributed by atoms with van der Waals surface area (Å²) in [5, 5.41) is 24.9. The van der Waals surface area contributed by atoms with Crippen molar-refractivity contribution in [1.29, 1.82) is 5.26 Å². The van der Waals surface area contributed by atoms with Crippen LogP contribution in [0.5, 0.6) is 11.5 Å². The lowest BCUT2D eigenvalue weighted by Crippen LogP contribution is -2.28. The van der Waals surface area contributed by atoms with E-state index in [0.717, 1.165) is 16.7 Å². The van der Waals surface area contributed by atoms with Gasteiger partial charge in [0.1, 0.15) is 23.1 Å². The molecule has 0 spiro atoms. The molecule has 0 aliphatic carbocycles. The van der Waals surface area contributed by atoms with Crippen molar-refractivity contribution in [3.63, 3.8) is 0 Å². The minimum atomic E-state index is -0.516. The van der Waals surface area contributed by atoms with Crippen LogP contribution < -0.4 is 15.4 Å². The van der Waals surface area contributed by atoms with Crippen LogP contribution in [0.4, 0.5) is 5.69 Å². The van der Waals surface area contributed by atoms with Crippen LogP contribution in [0.1, 0.15) is 36.6 Å². The Morgan fingerprint density at radius 1 is 1.25 bits per heavy atom. The van der Waals surface area contributed by atoms with Gasteiger partial charge >= 0.3 is 0 Å². The summed E-state index contributed by atoms with van der Waals surface area (Å²) in [4.78, 5) is 12.5. The van der Waals surface area contributed by atoms with E-state index < -0.39 is 5.91 Å². The molecule has 0 radical (unpaired) electrons. The first-order chi connectivity index (χ1) is 13.3. The second-order valence-corrected chi connectivity index (χ2v) is 6.50. The number of rotatable bonds is 7. The topological polar surface area (TPSA) is 94.4 Å². The molecule has 0 aliphatic rings. The molecule has 1 unspecified atom stereocenters. The first-order valence-corrected chi connectivity index (χ1v) is 9.06. The van der Waals surface area contributed by atoms with Gasteiger partial charge in [-0.2, -0.15) is 5.26 Å². The first-order valence-electron chi connectivity index (χ1n) is 9.06. The van der Waals surface area contributed by atoms with E-state index in [-0.39, 0.29) is 17.4 Å². The maximum Gasteiger partial charge on any atom is 0.263 e. The summed E-state index contributed by atoms with van der Waals surface area (Å²) in [6, 6.07) is 12.4. The van der Waals surface area contributed by atoms with Gasteiger partial charge < -0.3 is 20.5 Å². The Labute approximate surface area is 165 Å². The van der Waals surface area contributed by atoms with E-state index >= 15 is 0 Å². The van der Waals surface area contributed by atoms with Crippen molar-refractivity contribution in [3.05, 3.63) is 64.9 Å². The summed E-state index contributed by atoms with van der Waals surface area (Å²) < 4.78 is 5.64. The summed E-state index contributed by atoms with van der Waals surface area (Å²) >= 11 is 0. The number of amides is 1.